The van der Waals surface area contributed by atoms with Gasteiger partial charge in [0.15, 0.2) is 6.61 Å². The van der Waals surface area contributed by atoms with E-state index in [1.807, 2.05) is 0 Å². The second-order valence-corrected chi connectivity index (χ2v) is 4.22. The van der Waals surface area contributed by atoms with E-state index in [1.54, 1.807) is 0 Å². The lowest BCUT2D eigenvalue weighted by molar-refractivity contribution is -0.453. The largest absolute Gasteiger partial charge is 0.460 e. The minimum Gasteiger partial charge on any atom is -0.230 e. The molecule has 0 atom stereocenters. The molecule has 0 N–H and O–H groups in total. The molecule has 0 aliphatic carbocycles. The zero-order valence-corrected chi connectivity index (χ0v) is 10.3. The highest BCUT2D eigenvalue weighted by Gasteiger charge is 2.93. The fourth-order valence-electron chi connectivity index (χ4n) is 1.09. The number of alkyl halides is 15. The van der Waals surface area contributed by atoms with Gasteiger partial charge in [-0.2, -0.15) is 65.9 Å². The number of hydrogen-bond acceptors (Lipinski definition) is 0. The van der Waals surface area contributed by atoms with E-state index < -0.39 is 48.3 Å². The molecule has 0 saturated heterocycles. The van der Waals surface area contributed by atoms with Crippen molar-refractivity contribution in [3.8, 4) is 0 Å². The Morgan fingerprint density at radius 3 is 0.917 bits per heavy atom. The van der Waals surface area contributed by atoms with E-state index in [1.165, 1.54) is 0 Å². The van der Waals surface area contributed by atoms with Crippen LogP contribution in [0.2, 0.25) is 0 Å². The average Bonchev–Trinajstić information content (AvgIpc) is 2.36. The van der Waals surface area contributed by atoms with Crippen LogP contribution < -0.4 is 0 Å². The standard InChI is InChI=1S/C8H2F15O/c9-2(10,1-24)3(11,12)4(13,14)5(15,16)6(17,18)7(19,20)8(21,22)23/h1H2. The minimum atomic E-state index is -8.33. The van der Waals surface area contributed by atoms with E-state index in [0.717, 1.165) is 0 Å². The van der Waals surface area contributed by atoms with Gasteiger partial charge in [0.2, 0.25) is 0 Å². The lowest BCUT2D eigenvalue weighted by Gasteiger charge is -2.41. The molecule has 0 amide bonds. The molecule has 0 heterocycles. The molecule has 145 valence electrons. The van der Waals surface area contributed by atoms with Crippen molar-refractivity contribution in [2.75, 3.05) is 6.61 Å². The van der Waals surface area contributed by atoms with Gasteiger partial charge < -0.3 is 0 Å². The van der Waals surface area contributed by atoms with E-state index in [4.69, 9.17) is 0 Å². The Labute approximate surface area is 121 Å². The van der Waals surface area contributed by atoms with E-state index in [9.17, 15) is 71.0 Å². The molecule has 0 aliphatic heterocycles. The molecule has 24 heavy (non-hydrogen) atoms. The van der Waals surface area contributed by atoms with Crippen LogP contribution in [0, 0.1) is 0 Å². The molecule has 0 aromatic rings. The van der Waals surface area contributed by atoms with Crippen molar-refractivity contribution in [3.05, 3.63) is 0 Å². The van der Waals surface area contributed by atoms with Gasteiger partial charge in [-0.3, -0.25) is 0 Å². The summed E-state index contributed by atoms with van der Waals surface area (Å²) in [6.45, 7) is -3.59. The van der Waals surface area contributed by atoms with Gasteiger partial charge in [0.25, 0.3) is 0 Å². The summed E-state index contributed by atoms with van der Waals surface area (Å²) in [5, 5.41) is 9.65. The van der Waals surface area contributed by atoms with Crippen molar-refractivity contribution in [2.24, 2.45) is 0 Å². The zero-order valence-electron chi connectivity index (χ0n) is 10.3. The topological polar surface area (TPSA) is 19.9 Å². The summed E-state index contributed by atoms with van der Waals surface area (Å²) in [4.78, 5) is 0. The van der Waals surface area contributed by atoms with Gasteiger partial charge in [-0.15, -0.1) is 0 Å². The Kier molecular flexibility index (Phi) is 5.21. The highest BCUT2D eigenvalue weighted by atomic mass is 19.4. The van der Waals surface area contributed by atoms with Crippen LogP contribution in [-0.2, 0) is 5.11 Å². The van der Waals surface area contributed by atoms with Gasteiger partial charge >= 0.3 is 41.7 Å². The first-order chi connectivity index (χ1) is 10.1. The van der Waals surface area contributed by atoms with Crippen LogP contribution in [0.3, 0.4) is 0 Å². The molecular formula is C8H2F15O. The van der Waals surface area contributed by atoms with Crippen molar-refractivity contribution in [1.82, 2.24) is 0 Å². The Hall–Kier alpha value is -1.09. The molecule has 0 fully saturated rings. The van der Waals surface area contributed by atoms with Crippen molar-refractivity contribution < 1.29 is 71.0 Å². The summed E-state index contributed by atoms with van der Waals surface area (Å²) in [5.41, 5.74) is 0. The number of rotatable bonds is 6. The summed E-state index contributed by atoms with van der Waals surface area (Å²) in [7, 11) is 0. The molecule has 0 saturated carbocycles. The highest BCUT2D eigenvalue weighted by molar-refractivity contribution is 5.12. The molecule has 0 aromatic heterocycles. The SMILES string of the molecule is [O]CC(F)(F)C(F)(F)C(F)(F)C(F)(F)C(F)(F)C(F)(F)C(F)(F)F. The Bertz CT molecular complexity index is 461. The second kappa shape index (κ2) is 5.45. The van der Waals surface area contributed by atoms with E-state index >= 15 is 0 Å². The van der Waals surface area contributed by atoms with E-state index in [-0.39, 0.29) is 0 Å². The monoisotopic (exact) mass is 399 g/mol. The van der Waals surface area contributed by atoms with Crippen LogP contribution in [0.5, 0.6) is 0 Å². The van der Waals surface area contributed by atoms with Gasteiger partial charge in [-0.1, -0.05) is 0 Å². The maximum Gasteiger partial charge on any atom is 0.460 e. The Morgan fingerprint density at radius 1 is 0.417 bits per heavy atom. The van der Waals surface area contributed by atoms with Gasteiger partial charge in [0.1, 0.15) is 0 Å². The van der Waals surface area contributed by atoms with Crippen LogP contribution >= 0.6 is 0 Å². The summed E-state index contributed by atoms with van der Waals surface area (Å²) in [6, 6.07) is 0. The van der Waals surface area contributed by atoms with E-state index in [0.29, 0.717) is 0 Å². The summed E-state index contributed by atoms with van der Waals surface area (Å²) < 4.78 is 186. The van der Waals surface area contributed by atoms with Gasteiger partial charge in [-0.05, 0) is 0 Å². The molecule has 0 spiro atoms. The Morgan fingerprint density at radius 2 is 0.667 bits per heavy atom. The van der Waals surface area contributed by atoms with Gasteiger partial charge in [-0.25, -0.2) is 5.11 Å². The molecule has 0 aromatic carbocycles. The smallest absolute Gasteiger partial charge is 0.230 e. The van der Waals surface area contributed by atoms with Crippen molar-refractivity contribution in [3.63, 3.8) is 0 Å². The maximum atomic E-state index is 12.8. The van der Waals surface area contributed by atoms with Crippen LogP contribution in [0.4, 0.5) is 65.9 Å². The quantitative estimate of drug-likeness (QED) is 0.573. The number of hydrogen-bond donors (Lipinski definition) is 0. The molecule has 0 bridgehead atoms. The van der Waals surface area contributed by atoms with Crippen LogP contribution in [0.1, 0.15) is 0 Å². The average molecular weight is 399 g/mol. The fraction of sp³-hybridized carbons (Fsp3) is 1.00. The maximum absolute atomic E-state index is 12.8. The lowest BCUT2D eigenvalue weighted by Crippen LogP contribution is -2.72. The van der Waals surface area contributed by atoms with Crippen LogP contribution in [-0.4, -0.2) is 48.3 Å². The van der Waals surface area contributed by atoms with Gasteiger partial charge in [0, 0.05) is 0 Å². The predicted molar refractivity (Wildman–Crippen MR) is 41.3 cm³/mol. The normalized spacial score (nSPS) is 16.5. The first-order valence-electron chi connectivity index (χ1n) is 4.98. The third-order valence-corrected chi connectivity index (χ3v) is 2.57. The first-order valence-corrected chi connectivity index (χ1v) is 4.98. The predicted octanol–water partition coefficient (Wildman–Crippen LogP) is 4.79. The zero-order chi connectivity index (χ0) is 20.2. The summed E-state index contributed by atoms with van der Waals surface area (Å²) in [6.07, 6.45) is -7.63. The molecule has 16 heteroatoms. The van der Waals surface area contributed by atoms with Crippen molar-refractivity contribution in [1.29, 1.82) is 0 Å². The van der Waals surface area contributed by atoms with Crippen molar-refractivity contribution >= 4 is 0 Å². The second-order valence-electron chi connectivity index (χ2n) is 4.22. The molecular weight excluding hydrogens is 397 g/mol. The van der Waals surface area contributed by atoms with Crippen LogP contribution in [0.15, 0.2) is 0 Å². The van der Waals surface area contributed by atoms with Gasteiger partial charge in [0.05, 0.1) is 0 Å². The highest BCUT2D eigenvalue weighted by Crippen LogP contribution is 2.62. The molecule has 1 radical (unpaired) electrons. The number of halogens is 15. The lowest BCUT2D eigenvalue weighted by atomic mass is 9.91. The summed E-state index contributed by atoms with van der Waals surface area (Å²) >= 11 is 0. The molecule has 0 rings (SSSR count). The fourth-order valence-corrected chi connectivity index (χ4v) is 1.09. The van der Waals surface area contributed by atoms with Crippen LogP contribution in [0.25, 0.3) is 0 Å². The Balaban J connectivity index is 6.42. The van der Waals surface area contributed by atoms with Crippen molar-refractivity contribution in [2.45, 2.75) is 41.7 Å². The molecule has 1 nitrogen and oxygen atoms in total. The third-order valence-electron chi connectivity index (χ3n) is 2.57. The summed E-state index contributed by atoms with van der Waals surface area (Å²) in [5.74, 6) is -47.1. The first kappa shape index (κ1) is 22.9. The molecule has 0 aliphatic rings. The third kappa shape index (κ3) is 2.65. The van der Waals surface area contributed by atoms with E-state index in [2.05, 4.69) is 0 Å². The molecule has 0 unspecified atom stereocenters. The minimum absolute atomic E-state index is 3.59.